The van der Waals surface area contributed by atoms with Gasteiger partial charge in [-0.2, -0.15) is 0 Å². The number of amides is 1. The van der Waals surface area contributed by atoms with Gasteiger partial charge in [-0.1, -0.05) is 35.9 Å². The van der Waals surface area contributed by atoms with Crippen molar-refractivity contribution in [3.63, 3.8) is 0 Å². The molecular weight excluding hydrogens is 279 g/mol. The van der Waals surface area contributed by atoms with E-state index in [1.807, 2.05) is 24.3 Å². The average molecular weight is 293 g/mol. The lowest BCUT2D eigenvalue weighted by molar-refractivity contribution is 0.0947. The Hall–Kier alpha value is -1.91. The minimum Gasteiger partial charge on any atom is -0.348 e. The van der Waals surface area contributed by atoms with Gasteiger partial charge in [0, 0.05) is 18.1 Å². The minimum atomic E-state index is -0.637. The number of nitrogens with two attached hydrogens (primary N) is 1. The highest BCUT2D eigenvalue weighted by Crippen LogP contribution is 2.15. The maximum absolute atomic E-state index is 13.6. The number of hydrogen-bond acceptors (Lipinski definition) is 2. The van der Waals surface area contributed by atoms with Crippen molar-refractivity contribution in [2.24, 2.45) is 5.73 Å². The number of carbonyl (C=O) groups excluding carboxylic acids is 1. The Kier molecular flexibility index (Phi) is 4.71. The van der Waals surface area contributed by atoms with E-state index in [1.165, 1.54) is 12.1 Å². The van der Waals surface area contributed by atoms with Crippen LogP contribution in [0.3, 0.4) is 0 Å². The molecule has 2 aromatic carbocycles. The van der Waals surface area contributed by atoms with Gasteiger partial charge in [0.1, 0.15) is 5.82 Å². The fourth-order valence-corrected chi connectivity index (χ4v) is 2.03. The molecule has 3 N–H and O–H groups in total. The van der Waals surface area contributed by atoms with Crippen LogP contribution in [0.5, 0.6) is 0 Å². The van der Waals surface area contributed by atoms with Gasteiger partial charge in [-0.15, -0.1) is 0 Å². The van der Waals surface area contributed by atoms with Gasteiger partial charge in [0.05, 0.1) is 5.56 Å². The molecule has 0 aliphatic heterocycles. The topological polar surface area (TPSA) is 55.1 Å². The maximum atomic E-state index is 13.6. The van der Waals surface area contributed by atoms with Crippen LogP contribution in [0.2, 0.25) is 5.02 Å². The van der Waals surface area contributed by atoms with Crippen LogP contribution in [0.25, 0.3) is 0 Å². The summed E-state index contributed by atoms with van der Waals surface area (Å²) in [7, 11) is 0. The van der Waals surface area contributed by atoms with Crippen LogP contribution in [0.4, 0.5) is 4.39 Å². The Bertz CT molecular complexity index is 631. The standard InChI is InChI=1S/C15H14ClFN2O/c16-12-5-6-13(14(17)7-12)15(20)19-9-11-4-2-1-3-10(11)8-18/h1-7H,8-9,18H2,(H,19,20). The number of hydrogen-bond donors (Lipinski definition) is 2. The van der Waals surface area contributed by atoms with Crippen LogP contribution in [-0.4, -0.2) is 5.91 Å². The SMILES string of the molecule is NCc1ccccc1CNC(=O)c1ccc(Cl)cc1F. The highest BCUT2D eigenvalue weighted by molar-refractivity contribution is 6.30. The Morgan fingerprint density at radius 1 is 1.20 bits per heavy atom. The third kappa shape index (κ3) is 3.35. The quantitative estimate of drug-likeness (QED) is 0.910. The zero-order valence-corrected chi connectivity index (χ0v) is 11.5. The van der Waals surface area contributed by atoms with Crippen molar-refractivity contribution < 1.29 is 9.18 Å². The lowest BCUT2D eigenvalue weighted by atomic mass is 10.1. The summed E-state index contributed by atoms with van der Waals surface area (Å²) >= 11 is 5.65. The molecule has 0 spiro atoms. The molecule has 0 fully saturated rings. The highest BCUT2D eigenvalue weighted by atomic mass is 35.5. The van der Waals surface area contributed by atoms with E-state index < -0.39 is 11.7 Å². The molecule has 1 amide bonds. The normalized spacial score (nSPS) is 10.3. The number of benzene rings is 2. The summed E-state index contributed by atoms with van der Waals surface area (Å²) in [4.78, 5) is 11.9. The molecule has 0 saturated carbocycles. The van der Waals surface area contributed by atoms with Crippen molar-refractivity contribution >= 4 is 17.5 Å². The van der Waals surface area contributed by atoms with Crippen LogP contribution in [0.1, 0.15) is 21.5 Å². The molecule has 104 valence electrons. The predicted molar refractivity (Wildman–Crippen MR) is 76.9 cm³/mol. The summed E-state index contributed by atoms with van der Waals surface area (Å²) in [6.45, 7) is 0.690. The van der Waals surface area contributed by atoms with Crippen LogP contribution < -0.4 is 11.1 Å². The van der Waals surface area contributed by atoms with E-state index in [9.17, 15) is 9.18 Å². The third-order valence-electron chi connectivity index (χ3n) is 2.95. The summed E-state index contributed by atoms with van der Waals surface area (Å²) in [5.41, 5.74) is 7.46. The van der Waals surface area contributed by atoms with Gasteiger partial charge in [-0.25, -0.2) is 4.39 Å². The van der Waals surface area contributed by atoms with Crippen molar-refractivity contribution in [3.8, 4) is 0 Å². The molecule has 0 atom stereocenters. The molecule has 0 unspecified atom stereocenters. The summed E-state index contributed by atoms with van der Waals surface area (Å²) in [6, 6.07) is 11.5. The molecule has 0 radical (unpaired) electrons. The van der Waals surface area contributed by atoms with Crippen LogP contribution in [0, 0.1) is 5.82 Å². The summed E-state index contributed by atoms with van der Waals surface area (Å²) in [6.07, 6.45) is 0. The second-order valence-electron chi connectivity index (χ2n) is 4.28. The number of halogens is 2. The molecular formula is C15H14ClFN2O. The van der Waals surface area contributed by atoms with E-state index >= 15 is 0 Å². The Morgan fingerprint density at radius 2 is 1.90 bits per heavy atom. The van der Waals surface area contributed by atoms with Crippen molar-refractivity contribution in [2.75, 3.05) is 0 Å². The second kappa shape index (κ2) is 6.50. The summed E-state index contributed by atoms with van der Waals surface area (Å²) in [5, 5.41) is 2.93. The van der Waals surface area contributed by atoms with E-state index in [0.717, 1.165) is 17.2 Å². The zero-order valence-electron chi connectivity index (χ0n) is 10.7. The van der Waals surface area contributed by atoms with E-state index in [1.54, 1.807) is 0 Å². The molecule has 0 aromatic heterocycles. The predicted octanol–water partition coefficient (Wildman–Crippen LogP) is 2.87. The minimum absolute atomic E-state index is 0.0281. The van der Waals surface area contributed by atoms with Gasteiger partial charge in [0.25, 0.3) is 5.91 Å². The molecule has 20 heavy (non-hydrogen) atoms. The first-order valence-corrected chi connectivity index (χ1v) is 6.49. The molecule has 3 nitrogen and oxygen atoms in total. The second-order valence-corrected chi connectivity index (χ2v) is 4.72. The van der Waals surface area contributed by atoms with Crippen LogP contribution in [0.15, 0.2) is 42.5 Å². The molecule has 0 saturated heterocycles. The van der Waals surface area contributed by atoms with Crippen molar-refractivity contribution in [3.05, 3.63) is 70.0 Å². The Labute approximate surface area is 121 Å². The largest absolute Gasteiger partial charge is 0.348 e. The first kappa shape index (κ1) is 14.5. The molecule has 2 aromatic rings. The first-order valence-electron chi connectivity index (χ1n) is 6.12. The first-order chi connectivity index (χ1) is 9.61. The molecule has 0 aliphatic carbocycles. The van der Waals surface area contributed by atoms with Crippen LogP contribution in [-0.2, 0) is 13.1 Å². The van der Waals surface area contributed by atoms with Gasteiger partial charge in [-0.3, -0.25) is 4.79 Å². The zero-order chi connectivity index (χ0) is 14.5. The molecule has 0 bridgehead atoms. The molecule has 0 aliphatic rings. The third-order valence-corrected chi connectivity index (χ3v) is 3.19. The Balaban J connectivity index is 2.09. The fourth-order valence-electron chi connectivity index (χ4n) is 1.87. The fraction of sp³-hybridized carbons (Fsp3) is 0.133. The van der Waals surface area contributed by atoms with Gasteiger partial charge in [0.15, 0.2) is 0 Å². The number of rotatable bonds is 4. The summed E-state index contributed by atoms with van der Waals surface area (Å²) in [5.74, 6) is -1.12. The molecule has 2 rings (SSSR count). The van der Waals surface area contributed by atoms with Gasteiger partial charge in [0.2, 0.25) is 0 Å². The number of nitrogens with one attached hydrogen (secondary N) is 1. The van der Waals surface area contributed by atoms with E-state index in [0.29, 0.717) is 13.1 Å². The van der Waals surface area contributed by atoms with E-state index in [-0.39, 0.29) is 10.6 Å². The molecule has 5 heteroatoms. The van der Waals surface area contributed by atoms with E-state index in [2.05, 4.69) is 5.32 Å². The number of carbonyl (C=O) groups is 1. The Morgan fingerprint density at radius 3 is 2.55 bits per heavy atom. The maximum Gasteiger partial charge on any atom is 0.254 e. The van der Waals surface area contributed by atoms with E-state index in [4.69, 9.17) is 17.3 Å². The summed E-state index contributed by atoms with van der Waals surface area (Å²) < 4.78 is 13.6. The van der Waals surface area contributed by atoms with Crippen molar-refractivity contribution in [1.29, 1.82) is 0 Å². The van der Waals surface area contributed by atoms with Crippen molar-refractivity contribution in [2.45, 2.75) is 13.1 Å². The monoisotopic (exact) mass is 292 g/mol. The smallest absolute Gasteiger partial charge is 0.254 e. The lowest BCUT2D eigenvalue weighted by Crippen LogP contribution is -2.24. The van der Waals surface area contributed by atoms with Gasteiger partial charge in [-0.05, 0) is 29.3 Å². The molecule has 0 heterocycles. The highest BCUT2D eigenvalue weighted by Gasteiger charge is 2.12. The van der Waals surface area contributed by atoms with Gasteiger partial charge >= 0.3 is 0 Å². The van der Waals surface area contributed by atoms with Gasteiger partial charge < -0.3 is 11.1 Å². The average Bonchev–Trinajstić information content (AvgIpc) is 2.45. The van der Waals surface area contributed by atoms with Crippen LogP contribution >= 0.6 is 11.6 Å². The van der Waals surface area contributed by atoms with Crippen molar-refractivity contribution in [1.82, 2.24) is 5.32 Å². The lowest BCUT2D eigenvalue weighted by Gasteiger charge is -2.09.